The molecule has 0 unspecified atom stereocenters. The van der Waals surface area contributed by atoms with Gasteiger partial charge in [-0.05, 0) is 68.9 Å². The second kappa shape index (κ2) is 9.32. The Hall–Kier alpha value is -2.83. The van der Waals surface area contributed by atoms with E-state index in [2.05, 4.69) is 16.9 Å². The standard InChI is InChI=1S/C23H24ClN3O3/c1-26-11-2-3-20(26)16-30-21-8-6-19(7-9-21)27-12-10-22(13-23(27)28)29-15-18-5-4-17(24)14-25-18/h4-10,12-14,20H,2-3,11,15-16H2,1H3/t20-/m0/s1. The van der Waals surface area contributed by atoms with Crippen LogP contribution in [0.4, 0.5) is 0 Å². The molecule has 3 aromatic rings. The van der Waals surface area contributed by atoms with Crippen molar-refractivity contribution >= 4 is 11.6 Å². The third-order valence-corrected chi connectivity index (χ3v) is 5.52. The Labute approximate surface area is 180 Å². The molecule has 156 valence electrons. The molecule has 4 rings (SSSR count). The summed E-state index contributed by atoms with van der Waals surface area (Å²) in [5.41, 5.74) is 1.34. The zero-order valence-corrected chi connectivity index (χ0v) is 17.6. The highest BCUT2D eigenvalue weighted by Crippen LogP contribution is 2.19. The third-order valence-electron chi connectivity index (χ3n) is 5.30. The first-order chi connectivity index (χ1) is 14.6. The molecule has 1 aromatic carbocycles. The van der Waals surface area contributed by atoms with E-state index in [1.165, 1.54) is 18.9 Å². The highest BCUT2D eigenvalue weighted by atomic mass is 35.5. The average Bonchev–Trinajstić information content (AvgIpc) is 3.17. The summed E-state index contributed by atoms with van der Waals surface area (Å²) in [5, 5.41) is 0.573. The number of likely N-dealkylation sites (tertiary alicyclic amines) is 1. The van der Waals surface area contributed by atoms with E-state index in [4.69, 9.17) is 21.1 Å². The second-order valence-electron chi connectivity index (χ2n) is 7.41. The van der Waals surface area contributed by atoms with Crippen LogP contribution in [0.1, 0.15) is 18.5 Å². The van der Waals surface area contributed by atoms with Gasteiger partial charge in [0.25, 0.3) is 5.56 Å². The fraction of sp³-hybridized carbons (Fsp3) is 0.304. The molecule has 1 atom stereocenters. The Balaban J connectivity index is 1.37. The maximum atomic E-state index is 12.5. The van der Waals surface area contributed by atoms with Crippen LogP contribution in [-0.2, 0) is 6.61 Å². The lowest BCUT2D eigenvalue weighted by molar-refractivity contribution is 0.198. The minimum atomic E-state index is -0.169. The van der Waals surface area contributed by atoms with Crippen molar-refractivity contribution in [2.24, 2.45) is 0 Å². The van der Waals surface area contributed by atoms with Crippen LogP contribution in [0.2, 0.25) is 5.02 Å². The van der Waals surface area contributed by atoms with Gasteiger partial charge in [0, 0.05) is 30.2 Å². The molecule has 1 saturated heterocycles. The van der Waals surface area contributed by atoms with Crippen LogP contribution in [0.15, 0.2) is 65.7 Å². The van der Waals surface area contributed by atoms with Crippen molar-refractivity contribution in [2.75, 3.05) is 20.2 Å². The monoisotopic (exact) mass is 425 g/mol. The first kappa shape index (κ1) is 20.4. The van der Waals surface area contributed by atoms with E-state index < -0.39 is 0 Å². The SMILES string of the molecule is CN1CCC[C@H]1COc1ccc(-n2ccc(OCc3ccc(Cl)cn3)cc2=O)cc1. The maximum absolute atomic E-state index is 12.5. The number of nitrogens with zero attached hydrogens (tertiary/aromatic N) is 3. The van der Waals surface area contributed by atoms with Gasteiger partial charge < -0.3 is 14.4 Å². The predicted octanol–water partition coefficient (Wildman–Crippen LogP) is 3.94. The Kier molecular flexibility index (Phi) is 6.35. The highest BCUT2D eigenvalue weighted by Gasteiger charge is 2.21. The zero-order chi connectivity index (χ0) is 20.9. The minimum absolute atomic E-state index is 0.169. The first-order valence-electron chi connectivity index (χ1n) is 9.98. The molecule has 0 radical (unpaired) electrons. The van der Waals surface area contributed by atoms with Gasteiger partial charge in [-0.25, -0.2) is 0 Å². The summed E-state index contributed by atoms with van der Waals surface area (Å²) < 4.78 is 13.2. The predicted molar refractivity (Wildman–Crippen MR) is 117 cm³/mol. The molecular formula is C23H24ClN3O3. The molecule has 0 saturated carbocycles. The highest BCUT2D eigenvalue weighted by molar-refractivity contribution is 6.30. The number of hydrogen-bond acceptors (Lipinski definition) is 5. The molecule has 2 aromatic heterocycles. The number of aromatic nitrogens is 2. The number of hydrogen-bond donors (Lipinski definition) is 0. The van der Waals surface area contributed by atoms with Crippen LogP contribution in [0, 0.1) is 0 Å². The molecule has 0 bridgehead atoms. The van der Waals surface area contributed by atoms with Crippen molar-refractivity contribution in [3.8, 4) is 17.2 Å². The van der Waals surface area contributed by atoms with Gasteiger partial charge in [0.15, 0.2) is 0 Å². The van der Waals surface area contributed by atoms with Crippen molar-refractivity contribution in [1.82, 2.24) is 14.5 Å². The van der Waals surface area contributed by atoms with Crippen molar-refractivity contribution in [2.45, 2.75) is 25.5 Å². The van der Waals surface area contributed by atoms with E-state index in [0.29, 0.717) is 23.4 Å². The van der Waals surface area contributed by atoms with Crippen molar-refractivity contribution in [1.29, 1.82) is 0 Å². The van der Waals surface area contributed by atoms with Gasteiger partial charge in [-0.15, -0.1) is 0 Å². The normalized spacial score (nSPS) is 16.5. The lowest BCUT2D eigenvalue weighted by Crippen LogP contribution is -2.30. The third kappa shape index (κ3) is 5.01. The average molecular weight is 426 g/mol. The number of rotatable bonds is 7. The number of likely N-dealkylation sites (N-methyl/N-ethyl adjacent to an activating group) is 1. The van der Waals surface area contributed by atoms with Gasteiger partial charge in [-0.1, -0.05) is 11.6 Å². The topological polar surface area (TPSA) is 56.6 Å². The van der Waals surface area contributed by atoms with Gasteiger partial charge in [-0.2, -0.15) is 0 Å². The van der Waals surface area contributed by atoms with Gasteiger partial charge in [-0.3, -0.25) is 14.3 Å². The summed E-state index contributed by atoms with van der Waals surface area (Å²) in [6, 6.07) is 14.8. The fourth-order valence-corrected chi connectivity index (χ4v) is 3.61. The van der Waals surface area contributed by atoms with Crippen LogP contribution in [-0.4, -0.2) is 40.7 Å². The van der Waals surface area contributed by atoms with E-state index in [1.54, 1.807) is 35.2 Å². The lowest BCUT2D eigenvalue weighted by atomic mass is 10.2. The molecule has 0 N–H and O–H groups in total. The fourth-order valence-electron chi connectivity index (χ4n) is 3.50. The Morgan fingerprint density at radius 3 is 2.60 bits per heavy atom. The maximum Gasteiger partial charge on any atom is 0.258 e. The van der Waals surface area contributed by atoms with Crippen LogP contribution in [0.3, 0.4) is 0 Å². The lowest BCUT2D eigenvalue weighted by Gasteiger charge is -2.19. The number of benzene rings is 1. The molecule has 7 heteroatoms. The smallest absolute Gasteiger partial charge is 0.258 e. The number of halogens is 1. The molecule has 0 spiro atoms. The summed E-state index contributed by atoms with van der Waals surface area (Å²) in [6.07, 6.45) is 5.67. The van der Waals surface area contributed by atoms with Crippen LogP contribution in [0.25, 0.3) is 5.69 Å². The molecule has 30 heavy (non-hydrogen) atoms. The second-order valence-corrected chi connectivity index (χ2v) is 7.85. The molecule has 0 amide bonds. The molecule has 0 aliphatic carbocycles. The first-order valence-corrected chi connectivity index (χ1v) is 10.4. The van der Waals surface area contributed by atoms with E-state index in [1.807, 2.05) is 24.3 Å². The largest absolute Gasteiger partial charge is 0.492 e. The van der Waals surface area contributed by atoms with Gasteiger partial charge in [0.1, 0.15) is 24.7 Å². The summed E-state index contributed by atoms with van der Waals surface area (Å²) >= 11 is 5.83. The van der Waals surface area contributed by atoms with E-state index in [0.717, 1.165) is 23.7 Å². The molecule has 3 heterocycles. The number of ether oxygens (including phenoxy) is 2. The minimum Gasteiger partial charge on any atom is -0.492 e. The van der Waals surface area contributed by atoms with Crippen LogP contribution < -0.4 is 15.0 Å². The van der Waals surface area contributed by atoms with Crippen molar-refractivity contribution in [3.63, 3.8) is 0 Å². The van der Waals surface area contributed by atoms with E-state index in [-0.39, 0.29) is 12.2 Å². The summed E-state index contributed by atoms with van der Waals surface area (Å²) in [5.74, 6) is 1.30. The van der Waals surface area contributed by atoms with E-state index >= 15 is 0 Å². The number of pyridine rings is 2. The molecule has 6 nitrogen and oxygen atoms in total. The van der Waals surface area contributed by atoms with Crippen LogP contribution in [0.5, 0.6) is 11.5 Å². The van der Waals surface area contributed by atoms with Gasteiger partial charge in [0.05, 0.1) is 10.7 Å². The van der Waals surface area contributed by atoms with Crippen LogP contribution >= 0.6 is 11.6 Å². The van der Waals surface area contributed by atoms with Gasteiger partial charge in [0.2, 0.25) is 0 Å². The van der Waals surface area contributed by atoms with Gasteiger partial charge >= 0.3 is 0 Å². The van der Waals surface area contributed by atoms with Crippen molar-refractivity contribution < 1.29 is 9.47 Å². The molecular weight excluding hydrogens is 402 g/mol. The Morgan fingerprint density at radius 2 is 1.93 bits per heavy atom. The summed E-state index contributed by atoms with van der Waals surface area (Å²) in [4.78, 5) is 19.0. The molecule has 1 aliphatic rings. The summed E-state index contributed by atoms with van der Waals surface area (Å²) in [6.45, 7) is 2.08. The quantitative estimate of drug-likeness (QED) is 0.574. The zero-order valence-electron chi connectivity index (χ0n) is 16.8. The van der Waals surface area contributed by atoms with Crippen molar-refractivity contribution in [3.05, 3.63) is 82.0 Å². The molecule has 1 fully saturated rings. The molecule has 1 aliphatic heterocycles. The summed E-state index contributed by atoms with van der Waals surface area (Å²) in [7, 11) is 2.13. The van der Waals surface area contributed by atoms with E-state index in [9.17, 15) is 4.79 Å². The Morgan fingerprint density at radius 1 is 1.10 bits per heavy atom. The Bertz CT molecular complexity index is 1030.